The van der Waals surface area contributed by atoms with Crippen LogP contribution in [0.1, 0.15) is 61.4 Å². The van der Waals surface area contributed by atoms with Crippen molar-refractivity contribution in [2.45, 2.75) is 57.4 Å². The summed E-state index contributed by atoms with van der Waals surface area (Å²) in [6, 6.07) is 2.76. The average molecular weight is 284 g/mol. The molecule has 3 rings (SSSR count). The average Bonchev–Trinajstić information content (AvgIpc) is 2.97. The molecule has 1 fully saturated rings. The lowest BCUT2D eigenvalue weighted by molar-refractivity contribution is 0.417. The molecule has 1 N–H and O–H groups in total. The first-order valence-electron chi connectivity index (χ1n) is 7.34. The molecule has 0 aromatic carbocycles. The van der Waals surface area contributed by atoms with Crippen molar-refractivity contribution in [2.24, 2.45) is 5.92 Å². The summed E-state index contributed by atoms with van der Waals surface area (Å²) < 4.78 is 0.962. The predicted molar refractivity (Wildman–Crippen MR) is 79.6 cm³/mol. The molecule has 2 aliphatic rings. The molecule has 1 aromatic heterocycles. The van der Waals surface area contributed by atoms with Crippen LogP contribution in [0, 0.1) is 5.92 Å². The van der Waals surface area contributed by atoms with Gasteiger partial charge in [0.15, 0.2) is 0 Å². The Morgan fingerprint density at radius 2 is 2.06 bits per heavy atom. The third kappa shape index (κ3) is 2.92. The van der Waals surface area contributed by atoms with Crippen molar-refractivity contribution in [1.82, 2.24) is 5.32 Å². The molecule has 1 nitrogen and oxygen atoms in total. The number of nitrogens with one attached hydrogen (secondary N) is 1. The summed E-state index contributed by atoms with van der Waals surface area (Å²) in [4.78, 5) is 1.52. The summed E-state index contributed by atoms with van der Waals surface area (Å²) in [6.07, 6.45) is 11.0. The van der Waals surface area contributed by atoms with Crippen molar-refractivity contribution in [3.63, 3.8) is 0 Å². The standard InChI is InChI=1S/C15H22ClNS/c16-15-10-12-13(6-3-7-14(12)18-15)17-9-8-11-4-1-2-5-11/h10-11,13,17H,1-9H2. The number of hydrogen-bond donors (Lipinski definition) is 1. The third-order valence-corrected chi connectivity index (χ3v) is 5.84. The second kappa shape index (κ2) is 5.94. The molecule has 0 radical (unpaired) electrons. The van der Waals surface area contributed by atoms with Gasteiger partial charge < -0.3 is 5.32 Å². The van der Waals surface area contributed by atoms with Crippen LogP contribution in [0.3, 0.4) is 0 Å². The van der Waals surface area contributed by atoms with E-state index in [1.165, 1.54) is 68.4 Å². The summed E-state index contributed by atoms with van der Waals surface area (Å²) in [5, 5.41) is 3.77. The van der Waals surface area contributed by atoms with Crippen molar-refractivity contribution in [1.29, 1.82) is 0 Å². The van der Waals surface area contributed by atoms with Crippen molar-refractivity contribution >= 4 is 22.9 Å². The van der Waals surface area contributed by atoms with Gasteiger partial charge in [-0.2, -0.15) is 0 Å². The molecule has 100 valence electrons. The lowest BCUT2D eigenvalue weighted by atomic mass is 9.93. The molecule has 1 unspecified atom stereocenters. The van der Waals surface area contributed by atoms with E-state index in [1.54, 1.807) is 11.3 Å². The fraction of sp³-hybridized carbons (Fsp3) is 0.733. The van der Waals surface area contributed by atoms with Gasteiger partial charge in [-0.3, -0.25) is 0 Å². The lowest BCUT2D eigenvalue weighted by Crippen LogP contribution is -2.26. The molecule has 1 saturated carbocycles. The highest BCUT2D eigenvalue weighted by Crippen LogP contribution is 2.38. The van der Waals surface area contributed by atoms with Crippen LogP contribution < -0.4 is 5.32 Å². The number of thiophene rings is 1. The van der Waals surface area contributed by atoms with Gasteiger partial charge in [0.05, 0.1) is 4.34 Å². The van der Waals surface area contributed by atoms with Crippen molar-refractivity contribution in [2.75, 3.05) is 6.54 Å². The van der Waals surface area contributed by atoms with E-state index < -0.39 is 0 Å². The minimum absolute atomic E-state index is 0.568. The van der Waals surface area contributed by atoms with Gasteiger partial charge in [0, 0.05) is 10.9 Å². The number of fused-ring (bicyclic) bond motifs is 1. The summed E-state index contributed by atoms with van der Waals surface area (Å²) in [5.74, 6) is 0.992. The third-order valence-electron chi connectivity index (χ3n) is 4.50. The van der Waals surface area contributed by atoms with Gasteiger partial charge in [-0.15, -0.1) is 11.3 Å². The van der Waals surface area contributed by atoms with E-state index in [4.69, 9.17) is 11.6 Å². The maximum absolute atomic E-state index is 6.14. The van der Waals surface area contributed by atoms with Gasteiger partial charge in [0.2, 0.25) is 0 Å². The molecule has 2 aliphatic carbocycles. The van der Waals surface area contributed by atoms with E-state index in [1.807, 2.05) is 0 Å². The van der Waals surface area contributed by atoms with Crippen molar-refractivity contribution in [3.05, 3.63) is 20.8 Å². The van der Waals surface area contributed by atoms with Gasteiger partial charge in [0.25, 0.3) is 0 Å². The highest BCUT2D eigenvalue weighted by atomic mass is 35.5. The number of aryl methyl sites for hydroxylation is 1. The van der Waals surface area contributed by atoms with E-state index in [-0.39, 0.29) is 0 Å². The highest BCUT2D eigenvalue weighted by molar-refractivity contribution is 7.16. The summed E-state index contributed by atoms with van der Waals surface area (Å²) in [7, 11) is 0. The zero-order valence-corrected chi connectivity index (χ0v) is 12.5. The van der Waals surface area contributed by atoms with Gasteiger partial charge in [-0.25, -0.2) is 0 Å². The Balaban J connectivity index is 1.53. The Morgan fingerprint density at radius 3 is 2.89 bits per heavy atom. The van der Waals surface area contributed by atoms with Gasteiger partial charge in [-0.05, 0) is 49.8 Å². The number of rotatable bonds is 4. The fourth-order valence-electron chi connectivity index (χ4n) is 3.49. The Kier molecular flexibility index (Phi) is 4.27. The number of halogens is 1. The molecular weight excluding hydrogens is 262 g/mol. The SMILES string of the molecule is Clc1cc2c(s1)CCCC2NCCC1CCCC1. The summed E-state index contributed by atoms with van der Waals surface area (Å²) >= 11 is 7.92. The maximum Gasteiger partial charge on any atom is 0.0934 e. The Bertz CT molecular complexity index is 395. The molecule has 0 saturated heterocycles. The molecule has 18 heavy (non-hydrogen) atoms. The van der Waals surface area contributed by atoms with Crippen LogP contribution in [0.2, 0.25) is 4.34 Å². The fourth-order valence-corrected chi connectivity index (χ4v) is 4.88. The van der Waals surface area contributed by atoms with Crippen LogP contribution >= 0.6 is 22.9 Å². The number of hydrogen-bond acceptors (Lipinski definition) is 2. The molecule has 0 bridgehead atoms. The van der Waals surface area contributed by atoms with Crippen molar-refractivity contribution in [3.8, 4) is 0 Å². The molecule has 3 heteroatoms. The zero-order valence-electron chi connectivity index (χ0n) is 10.9. The van der Waals surface area contributed by atoms with Crippen LogP contribution in [-0.4, -0.2) is 6.54 Å². The lowest BCUT2D eigenvalue weighted by Gasteiger charge is -2.24. The monoisotopic (exact) mass is 283 g/mol. The van der Waals surface area contributed by atoms with E-state index in [2.05, 4.69) is 11.4 Å². The topological polar surface area (TPSA) is 12.0 Å². The largest absolute Gasteiger partial charge is 0.310 e. The van der Waals surface area contributed by atoms with Crippen LogP contribution in [0.15, 0.2) is 6.07 Å². The molecule has 1 atom stereocenters. The molecule has 0 aliphatic heterocycles. The molecule has 1 aromatic rings. The Morgan fingerprint density at radius 1 is 1.22 bits per heavy atom. The maximum atomic E-state index is 6.14. The summed E-state index contributed by atoms with van der Waals surface area (Å²) in [5.41, 5.74) is 1.49. The van der Waals surface area contributed by atoms with Crippen LogP contribution in [0.5, 0.6) is 0 Å². The highest BCUT2D eigenvalue weighted by Gasteiger charge is 2.22. The molecule has 0 spiro atoms. The predicted octanol–water partition coefficient (Wildman–Crippen LogP) is 4.95. The minimum atomic E-state index is 0.568. The molecular formula is C15H22ClNS. The normalized spacial score (nSPS) is 24.4. The first-order chi connectivity index (χ1) is 8.83. The zero-order chi connectivity index (χ0) is 12.4. The first kappa shape index (κ1) is 13.0. The van der Waals surface area contributed by atoms with Crippen LogP contribution in [-0.2, 0) is 6.42 Å². The van der Waals surface area contributed by atoms with Gasteiger partial charge in [-0.1, -0.05) is 37.3 Å². The quantitative estimate of drug-likeness (QED) is 0.824. The smallest absolute Gasteiger partial charge is 0.0934 e. The Labute approximate surface area is 119 Å². The van der Waals surface area contributed by atoms with Crippen molar-refractivity contribution < 1.29 is 0 Å². The molecule has 0 amide bonds. The van der Waals surface area contributed by atoms with Crippen LogP contribution in [0.25, 0.3) is 0 Å². The minimum Gasteiger partial charge on any atom is -0.310 e. The van der Waals surface area contributed by atoms with E-state index in [0.29, 0.717) is 6.04 Å². The van der Waals surface area contributed by atoms with Gasteiger partial charge >= 0.3 is 0 Å². The van der Waals surface area contributed by atoms with Crippen LogP contribution in [0.4, 0.5) is 0 Å². The first-order valence-corrected chi connectivity index (χ1v) is 8.54. The van der Waals surface area contributed by atoms with E-state index >= 15 is 0 Å². The van der Waals surface area contributed by atoms with E-state index in [0.717, 1.165) is 10.3 Å². The van der Waals surface area contributed by atoms with E-state index in [9.17, 15) is 0 Å². The summed E-state index contributed by atoms with van der Waals surface area (Å²) in [6.45, 7) is 1.18. The second-order valence-electron chi connectivity index (χ2n) is 5.77. The molecule has 1 heterocycles. The Hall–Kier alpha value is -0.0500. The second-order valence-corrected chi connectivity index (χ2v) is 7.54. The van der Waals surface area contributed by atoms with Gasteiger partial charge in [0.1, 0.15) is 0 Å².